The third-order valence-corrected chi connectivity index (χ3v) is 2.23. The number of nitrogens with zero attached hydrogens (tertiary/aromatic N) is 3. The van der Waals surface area contributed by atoms with Gasteiger partial charge in [0.1, 0.15) is 22.8 Å². The van der Waals surface area contributed by atoms with Gasteiger partial charge in [-0.15, -0.1) is 0 Å². The summed E-state index contributed by atoms with van der Waals surface area (Å²) in [5.41, 5.74) is 0. The second-order valence-corrected chi connectivity index (χ2v) is 3.44. The smallest absolute Gasteiger partial charge is 0.261 e. The van der Waals surface area contributed by atoms with Crippen LogP contribution in [0.15, 0.2) is 39.5 Å². The molecule has 0 unspecified atom stereocenters. The predicted molar refractivity (Wildman–Crippen MR) is 47.7 cm³/mol. The Morgan fingerprint density at radius 2 is 2.23 bits per heavy atom. The Labute approximate surface area is 83.4 Å². The Morgan fingerprint density at radius 3 is 2.92 bits per heavy atom. The van der Waals surface area contributed by atoms with Crippen LogP contribution in [0.5, 0.6) is 0 Å². The van der Waals surface area contributed by atoms with E-state index in [4.69, 9.17) is 16.0 Å². The van der Waals surface area contributed by atoms with E-state index in [2.05, 4.69) is 15.0 Å². The molecule has 0 aliphatic heterocycles. The quantitative estimate of drug-likeness (QED) is 0.717. The molecule has 66 valence electrons. The molecule has 13 heavy (non-hydrogen) atoms. The van der Waals surface area contributed by atoms with E-state index in [1.807, 2.05) is 0 Å². The van der Waals surface area contributed by atoms with Crippen LogP contribution in [0.2, 0.25) is 5.15 Å². The molecule has 0 aliphatic rings. The molecular weight excluding hydrogens is 210 g/mol. The van der Waals surface area contributed by atoms with Crippen LogP contribution in [0.25, 0.3) is 0 Å². The van der Waals surface area contributed by atoms with Crippen LogP contribution < -0.4 is 0 Å². The van der Waals surface area contributed by atoms with E-state index >= 15 is 0 Å². The number of hydrogen-bond acceptors (Lipinski definition) is 5. The van der Waals surface area contributed by atoms with Crippen LogP contribution in [0.3, 0.4) is 0 Å². The molecule has 2 aromatic rings. The Bertz CT molecular complexity index is 392. The molecule has 2 aromatic heterocycles. The summed E-state index contributed by atoms with van der Waals surface area (Å²) in [4.78, 5) is 11.7. The molecule has 0 amide bonds. The molecule has 0 bridgehead atoms. The topological polar surface area (TPSA) is 51.8 Å². The van der Waals surface area contributed by atoms with Gasteiger partial charge in [-0.3, -0.25) is 0 Å². The average molecular weight is 214 g/mol. The second kappa shape index (κ2) is 3.76. The highest BCUT2D eigenvalue weighted by Crippen LogP contribution is 2.24. The van der Waals surface area contributed by atoms with E-state index in [-0.39, 0.29) is 0 Å². The van der Waals surface area contributed by atoms with Crippen LogP contribution >= 0.6 is 23.4 Å². The van der Waals surface area contributed by atoms with Gasteiger partial charge in [0.2, 0.25) is 0 Å². The minimum atomic E-state index is 0.407. The Balaban J connectivity index is 2.19. The molecule has 2 rings (SSSR count). The summed E-state index contributed by atoms with van der Waals surface area (Å²) in [6, 6.07) is 1.65. The van der Waals surface area contributed by atoms with Crippen LogP contribution in [-0.4, -0.2) is 15.0 Å². The number of aromatic nitrogens is 3. The van der Waals surface area contributed by atoms with Crippen molar-refractivity contribution in [1.29, 1.82) is 0 Å². The van der Waals surface area contributed by atoms with Gasteiger partial charge in [0.15, 0.2) is 0 Å². The fourth-order valence-corrected chi connectivity index (χ4v) is 1.60. The standard InChI is InChI=1S/C7H4ClN3OS/c8-5-3-6(11-4-10-5)13-7-9-1-2-12-7/h1-4H. The summed E-state index contributed by atoms with van der Waals surface area (Å²) < 4.78 is 5.03. The molecule has 0 spiro atoms. The first-order chi connectivity index (χ1) is 6.34. The first-order valence-electron chi connectivity index (χ1n) is 3.39. The van der Waals surface area contributed by atoms with Crippen molar-refractivity contribution in [2.24, 2.45) is 0 Å². The zero-order valence-electron chi connectivity index (χ0n) is 6.35. The third-order valence-electron chi connectivity index (χ3n) is 1.21. The lowest BCUT2D eigenvalue weighted by Crippen LogP contribution is -1.82. The van der Waals surface area contributed by atoms with Gasteiger partial charge < -0.3 is 4.42 Å². The van der Waals surface area contributed by atoms with E-state index in [1.165, 1.54) is 24.4 Å². The monoisotopic (exact) mass is 213 g/mol. The highest BCUT2D eigenvalue weighted by Gasteiger charge is 2.02. The first kappa shape index (κ1) is 8.52. The van der Waals surface area contributed by atoms with Crippen LogP contribution in [-0.2, 0) is 0 Å². The lowest BCUT2D eigenvalue weighted by atomic mass is 10.7. The third kappa shape index (κ3) is 2.19. The molecule has 6 heteroatoms. The lowest BCUT2D eigenvalue weighted by molar-refractivity contribution is 0.454. The molecular formula is C7H4ClN3OS. The van der Waals surface area contributed by atoms with E-state index < -0.39 is 0 Å². The lowest BCUT2D eigenvalue weighted by Gasteiger charge is -1.94. The molecule has 0 saturated heterocycles. The highest BCUT2D eigenvalue weighted by atomic mass is 35.5. The zero-order chi connectivity index (χ0) is 9.10. The Kier molecular flexibility index (Phi) is 2.47. The van der Waals surface area contributed by atoms with Gasteiger partial charge in [0.05, 0.1) is 6.20 Å². The average Bonchev–Trinajstić information content (AvgIpc) is 2.57. The number of rotatable bonds is 2. The van der Waals surface area contributed by atoms with Gasteiger partial charge in [-0.1, -0.05) is 11.6 Å². The molecule has 0 aromatic carbocycles. The van der Waals surface area contributed by atoms with Crippen molar-refractivity contribution in [1.82, 2.24) is 15.0 Å². The van der Waals surface area contributed by atoms with E-state index in [1.54, 1.807) is 12.3 Å². The van der Waals surface area contributed by atoms with Gasteiger partial charge in [-0.05, 0) is 11.8 Å². The van der Waals surface area contributed by atoms with E-state index in [9.17, 15) is 0 Å². The summed E-state index contributed by atoms with van der Waals surface area (Å²) >= 11 is 6.96. The van der Waals surface area contributed by atoms with Crippen LogP contribution in [0, 0.1) is 0 Å². The molecule has 0 radical (unpaired) electrons. The number of hydrogen-bond donors (Lipinski definition) is 0. The number of halogens is 1. The molecule has 0 aliphatic carbocycles. The van der Waals surface area contributed by atoms with Crippen molar-refractivity contribution in [3.63, 3.8) is 0 Å². The van der Waals surface area contributed by atoms with Crippen molar-refractivity contribution in [2.75, 3.05) is 0 Å². The summed E-state index contributed by atoms with van der Waals surface area (Å²) in [7, 11) is 0. The van der Waals surface area contributed by atoms with Crippen molar-refractivity contribution in [3.8, 4) is 0 Å². The molecule has 4 nitrogen and oxygen atoms in total. The van der Waals surface area contributed by atoms with Crippen molar-refractivity contribution in [2.45, 2.75) is 10.2 Å². The minimum absolute atomic E-state index is 0.407. The van der Waals surface area contributed by atoms with Gasteiger partial charge in [-0.25, -0.2) is 15.0 Å². The van der Waals surface area contributed by atoms with Gasteiger partial charge in [0.25, 0.3) is 5.22 Å². The summed E-state index contributed by atoms with van der Waals surface area (Å²) in [5.74, 6) is 0. The molecule has 2 heterocycles. The van der Waals surface area contributed by atoms with Gasteiger partial charge >= 0.3 is 0 Å². The zero-order valence-corrected chi connectivity index (χ0v) is 7.92. The largest absolute Gasteiger partial charge is 0.440 e. The Morgan fingerprint density at radius 1 is 1.31 bits per heavy atom. The first-order valence-corrected chi connectivity index (χ1v) is 4.59. The normalized spacial score (nSPS) is 10.2. The van der Waals surface area contributed by atoms with E-state index in [0.29, 0.717) is 15.4 Å². The van der Waals surface area contributed by atoms with E-state index in [0.717, 1.165) is 0 Å². The second-order valence-electron chi connectivity index (χ2n) is 2.08. The van der Waals surface area contributed by atoms with Crippen LogP contribution in [0.4, 0.5) is 0 Å². The SMILES string of the molecule is Clc1cc(Sc2ncco2)ncn1. The maximum atomic E-state index is 5.67. The minimum Gasteiger partial charge on any atom is -0.440 e. The van der Waals surface area contributed by atoms with Gasteiger partial charge in [0, 0.05) is 6.07 Å². The van der Waals surface area contributed by atoms with Gasteiger partial charge in [-0.2, -0.15) is 0 Å². The highest BCUT2D eigenvalue weighted by molar-refractivity contribution is 7.99. The Hall–Kier alpha value is -1.07. The summed E-state index contributed by atoms with van der Waals surface area (Å²) in [5, 5.41) is 1.65. The molecule has 0 atom stereocenters. The molecule has 0 fully saturated rings. The van der Waals surface area contributed by atoms with Crippen molar-refractivity contribution < 1.29 is 4.42 Å². The van der Waals surface area contributed by atoms with Crippen molar-refractivity contribution >= 4 is 23.4 Å². The maximum absolute atomic E-state index is 5.67. The molecule has 0 saturated carbocycles. The number of oxazole rings is 1. The fraction of sp³-hybridized carbons (Fsp3) is 0. The summed E-state index contributed by atoms with van der Waals surface area (Å²) in [6.07, 6.45) is 4.48. The predicted octanol–water partition coefficient (Wildman–Crippen LogP) is 2.27. The maximum Gasteiger partial charge on any atom is 0.261 e. The fourth-order valence-electron chi connectivity index (χ4n) is 0.723. The molecule has 0 N–H and O–H groups in total. The van der Waals surface area contributed by atoms with Crippen molar-refractivity contribution in [3.05, 3.63) is 30.0 Å². The van der Waals surface area contributed by atoms with Crippen LogP contribution in [0.1, 0.15) is 0 Å². The summed E-state index contributed by atoms with van der Waals surface area (Å²) in [6.45, 7) is 0.